The maximum absolute atomic E-state index is 12.9. The molecule has 6 heteroatoms. The van der Waals surface area contributed by atoms with E-state index in [1.807, 2.05) is 44.2 Å². The van der Waals surface area contributed by atoms with Crippen molar-refractivity contribution in [2.24, 2.45) is 17.3 Å². The Bertz CT molecular complexity index is 1090. The first-order valence-electron chi connectivity index (χ1n) is 11.4. The third-order valence-corrected chi connectivity index (χ3v) is 8.03. The average Bonchev–Trinajstić information content (AvgIpc) is 3.20. The second-order valence-electron chi connectivity index (χ2n) is 9.35. The molecule has 0 aliphatic heterocycles. The van der Waals surface area contributed by atoms with Crippen LogP contribution >= 0.6 is 22.9 Å². The first kappa shape index (κ1) is 25.5. The summed E-state index contributed by atoms with van der Waals surface area (Å²) in [5.41, 5.74) is -0.403. The van der Waals surface area contributed by atoms with E-state index in [4.69, 9.17) is 16.7 Å². The molecular formula is C27H31ClO4S. The lowest BCUT2D eigenvalue weighted by Crippen LogP contribution is -2.22. The minimum absolute atomic E-state index is 0.0448. The summed E-state index contributed by atoms with van der Waals surface area (Å²) in [6.07, 6.45) is 6.83. The SMILES string of the molecule is CC1(C)C[C@H](C=CC(O)CCc2sc3ccccc3c2Cl)[C@@H](CC#CCCCC(=O)O)C1=O. The minimum atomic E-state index is -0.817. The third-order valence-electron chi connectivity index (χ3n) is 6.26. The molecule has 2 N–H and O–H groups in total. The average molecular weight is 487 g/mol. The van der Waals surface area contributed by atoms with E-state index < -0.39 is 17.5 Å². The van der Waals surface area contributed by atoms with Crippen molar-refractivity contribution in [3.8, 4) is 11.8 Å². The van der Waals surface area contributed by atoms with E-state index in [0.717, 1.165) is 26.4 Å². The van der Waals surface area contributed by atoms with Crippen molar-refractivity contribution in [1.29, 1.82) is 0 Å². The smallest absolute Gasteiger partial charge is 0.303 e. The van der Waals surface area contributed by atoms with E-state index >= 15 is 0 Å². The van der Waals surface area contributed by atoms with Gasteiger partial charge in [-0.15, -0.1) is 23.2 Å². The quantitative estimate of drug-likeness (QED) is 0.248. The van der Waals surface area contributed by atoms with Gasteiger partial charge >= 0.3 is 5.97 Å². The van der Waals surface area contributed by atoms with Gasteiger partial charge in [-0.1, -0.05) is 55.8 Å². The summed E-state index contributed by atoms with van der Waals surface area (Å²) < 4.78 is 1.15. The molecule has 1 aliphatic rings. The van der Waals surface area contributed by atoms with Gasteiger partial charge in [0.2, 0.25) is 0 Å². The van der Waals surface area contributed by atoms with E-state index in [0.29, 0.717) is 32.1 Å². The summed E-state index contributed by atoms with van der Waals surface area (Å²) in [6, 6.07) is 8.04. The second-order valence-corrected chi connectivity index (χ2v) is 10.9. The van der Waals surface area contributed by atoms with Crippen LogP contribution in [0, 0.1) is 29.1 Å². The zero-order chi connectivity index (χ0) is 24.0. The molecule has 1 heterocycles. The molecule has 0 radical (unpaired) electrons. The predicted molar refractivity (Wildman–Crippen MR) is 135 cm³/mol. The monoisotopic (exact) mass is 486 g/mol. The Balaban J connectivity index is 1.57. The number of allylic oxidation sites excluding steroid dienone is 1. The zero-order valence-electron chi connectivity index (χ0n) is 19.1. The number of ketones is 1. The molecule has 33 heavy (non-hydrogen) atoms. The van der Waals surface area contributed by atoms with Crippen molar-refractivity contribution in [3.05, 3.63) is 46.3 Å². The van der Waals surface area contributed by atoms with E-state index in [9.17, 15) is 14.7 Å². The highest BCUT2D eigenvalue weighted by Crippen LogP contribution is 2.44. The molecule has 3 atom stereocenters. The molecule has 0 spiro atoms. The van der Waals surface area contributed by atoms with Crippen molar-refractivity contribution in [2.75, 3.05) is 0 Å². The topological polar surface area (TPSA) is 74.6 Å². The number of aryl methyl sites for hydroxylation is 1. The predicted octanol–water partition coefficient (Wildman–Crippen LogP) is 6.28. The van der Waals surface area contributed by atoms with Gasteiger partial charge in [0.25, 0.3) is 0 Å². The van der Waals surface area contributed by atoms with Crippen LogP contribution in [0.15, 0.2) is 36.4 Å². The van der Waals surface area contributed by atoms with Crippen LogP contribution < -0.4 is 0 Å². The number of fused-ring (bicyclic) bond motifs is 1. The number of rotatable bonds is 9. The van der Waals surface area contributed by atoms with E-state index in [1.165, 1.54) is 0 Å². The highest BCUT2D eigenvalue weighted by molar-refractivity contribution is 7.19. The van der Waals surface area contributed by atoms with Crippen LogP contribution in [0.4, 0.5) is 0 Å². The number of carboxylic acids is 1. The second kappa shape index (κ2) is 11.3. The zero-order valence-corrected chi connectivity index (χ0v) is 20.7. The Morgan fingerprint density at radius 2 is 2.09 bits per heavy atom. The van der Waals surface area contributed by atoms with Crippen LogP contribution in [-0.4, -0.2) is 28.1 Å². The number of hydrogen-bond donors (Lipinski definition) is 2. The molecule has 1 saturated carbocycles. The molecule has 0 amide bonds. The Hall–Kier alpha value is -2.13. The highest BCUT2D eigenvalue weighted by atomic mass is 35.5. The Labute approximate surface area is 204 Å². The lowest BCUT2D eigenvalue weighted by molar-refractivity contribution is -0.137. The molecule has 1 aromatic carbocycles. The summed E-state index contributed by atoms with van der Waals surface area (Å²) in [5.74, 6) is 5.34. The third kappa shape index (κ3) is 6.69. The van der Waals surface area contributed by atoms with Crippen LogP contribution in [0.5, 0.6) is 0 Å². The van der Waals surface area contributed by atoms with Crippen LogP contribution in [0.1, 0.15) is 57.2 Å². The Kier molecular flexibility index (Phi) is 8.75. The maximum Gasteiger partial charge on any atom is 0.303 e. The Morgan fingerprint density at radius 1 is 1.33 bits per heavy atom. The lowest BCUT2D eigenvalue weighted by atomic mass is 9.88. The Morgan fingerprint density at radius 3 is 2.82 bits per heavy atom. The van der Waals surface area contributed by atoms with Crippen molar-refractivity contribution < 1.29 is 19.8 Å². The van der Waals surface area contributed by atoms with E-state index in [1.54, 1.807) is 11.3 Å². The number of halogens is 1. The van der Waals surface area contributed by atoms with Gasteiger partial charge in [0.15, 0.2) is 0 Å². The number of carbonyl (C=O) groups excluding carboxylic acids is 1. The van der Waals surface area contributed by atoms with Crippen LogP contribution in [0.2, 0.25) is 5.02 Å². The van der Waals surface area contributed by atoms with Gasteiger partial charge in [0.05, 0.1) is 11.1 Å². The molecule has 1 unspecified atom stereocenters. The van der Waals surface area contributed by atoms with Crippen molar-refractivity contribution in [3.63, 3.8) is 0 Å². The van der Waals surface area contributed by atoms with Gasteiger partial charge in [0, 0.05) is 45.6 Å². The highest BCUT2D eigenvalue weighted by Gasteiger charge is 2.45. The number of Topliss-reactive ketones (excluding diaryl/α,β-unsaturated/α-hetero) is 1. The molecule has 0 saturated heterocycles. The maximum atomic E-state index is 12.9. The number of thiophene rings is 1. The van der Waals surface area contributed by atoms with Crippen LogP contribution in [0.3, 0.4) is 0 Å². The number of hydrogen-bond acceptors (Lipinski definition) is 4. The van der Waals surface area contributed by atoms with Crippen molar-refractivity contribution in [2.45, 2.75) is 64.9 Å². The molecule has 1 aliphatic carbocycles. The number of aliphatic hydroxyl groups is 1. The van der Waals surface area contributed by atoms with Crippen molar-refractivity contribution >= 4 is 44.8 Å². The normalized spacial score (nSPS) is 20.8. The van der Waals surface area contributed by atoms with Gasteiger partial charge in [-0.05, 0) is 37.7 Å². The lowest BCUT2D eigenvalue weighted by Gasteiger charge is -2.14. The number of benzene rings is 1. The summed E-state index contributed by atoms with van der Waals surface area (Å²) in [6.45, 7) is 3.94. The number of carbonyl (C=O) groups is 2. The number of aliphatic hydroxyl groups excluding tert-OH is 1. The first-order valence-corrected chi connectivity index (χ1v) is 12.6. The van der Waals surface area contributed by atoms with Gasteiger partial charge in [-0.2, -0.15) is 0 Å². The first-order chi connectivity index (χ1) is 15.7. The molecule has 1 fully saturated rings. The van der Waals surface area contributed by atoms with Crippen LogP contribution in [-0.2, 0) is 16.0 Å². The molecular weight excluding hydrogens is 456 g/mol. The number of unbranched alkanes of at least 4 members (excludes halogenated alkanes) is 1. The number of carboxylic acid groups (broad SMARTS) is 1. The fourth-order valence-electron chi connectivity index (χ4n) is 4.44. The van der Waals surface area contributed by atoms with Crippen LogP contribution in [0.25, 0.3) is 10.1 Å². The summed E-state index contributed by atoms with van der Waals surface area (Å²) in [4.78, 5) is 24.5. The fraction of sp³-hybridized carbons (Fsp3) is 0.481. The van der Waals surface area contributed by atoms with Gasteiger partial charge in [-0.3, -0.25) is 9.59 Å². The molecule has 1 aromatic heterocycles. The van der Waals surface area contributed by atoms with Gasteiger partial charge in [-0.25, -0.2) is 0 Å². The summed E-state index contributed by atoms with van der Waals surface area (Å²) >= 11 is 8.18. The minimum Gasteiger partial charge on any atom is -0.481 e. The molecule has 176 valence electrons. The molecule has 3 rings (SSSR count). The summed E-state index contributed by atoms with van der Waals surface area (Å²) in [5, 5.41) is 21.1. The molecule has 2 aromatic rings. The van der Waals surface area contributed by atoms with E-state index in [2.05, 4.69) is 17.9 Å². The standard InChI is InChI=1S/C27H31ClO4S/c1-27(2)17-18(20(26(27)32)9-5-3-4-6-12-24(30)31)13-14-19(29)15-16-23-25(28)21-10-7-8-11-22(21)33-23/h7-8,10-11,13-14,18-20,29H,4,6,9,12,15-17H2,1-2H3,(H,30,31)/t18-,19?,20+/m0/s1. The fourth-order valence-corrected chi connectivity index (χ4v) is 5.99. The van der Waals surface area contributed by atoms with E-state index in [-0.39, 0.29) is 24.0 Å². The number of aliphatic carboxylic acids is 1. The molecule has 0 bridgehead atoms. The van der Waals surface area contributed by atoms with Gasteiger partial charge < -0.3 is 10.2 Å². The van der Waals surface area contributed by atoms with Gasteiger partial charge in [0.1, 0.15) is 5.78 Å². The van der Waals surface area contributed by atoms with Crippen molar-refractivity contribution in [1.82, 2.24) is 0 Å². The largest absolute Gasteiger partial charge is 0.481 e. The molecule has 4 nitrogen and oxygen atoms in total. The summed E-state index contributed by atoms with van der Waals surface area (Å²) in [7, 11) is 0.